The molecule has 2 N–H and O–H groups in total. The normalized spacial score (nSPS) is 12.5. The van der Waals surface area contributed by atoms with Crippen LogP contribution in [0.4, 0.5) is 0 Å². The summed E-state index contributed by atoms with van der Waals surface area (Å²) in [6, 6.07) is 12.2. The van der Waals surface area contributed by atoms with Gasteiger partial charge in [0.1, 0.15) is 0 Å². The van der Waals surface area contributed by atoms with Crippen molar-refractivity contribution >= 4 is 36.0 Å². The van der Waals surface area contributed by atoms with Gasteiger partial charge in [0.15, 0.2) is 0 Å². The molecule has 2 aromatic rings. The summed E-state index contributed by atoms with van der Waals surface area (Å²) in [5.74, 6) is 0. The molecule has 6 nitrogen and oxygen atoms in total. The third-order valence-corrected chi connectivity index (χ3v) is 6.68. The molecule has 2 aromatic carbocycles. The highest BCUT2D eigenvalue weighted by atomic mass is 79.9. The summed E-state index contributed by atoms with van der Waals surface area (Å²) >= 11 is 3.37. The van der Waals surface area contributed by atoms with Crippen molar-refractivity contribution in [2.75, 3.05) is 7.05 Å². The fraction of sp³-hybridized carbons (Fsp3) is 0.143. The maximum atomic E-state index is 12.6. The molecule has 0 bridgehead atoms. The van der Waals surface area contributed by atoms with Crippen molar-refractivity contribution in [1.82, 2.24) is 4.31 Å². The highest BCUT2D eigenvalue weighted by molar-refractivity contribution is 9.10. The lowest BCUT2D eigenvalue weighted by molar-refractivity contribution is 0.466. The molecule has 0 fully saturated rings. The van der Waals surface area contributed by atoms with Gasteiger partial charge in [-0.25, -0.2) is 22.0 Å². The Labute approximate surface area is 144 Å². The standard InChI is InChI=1S/C14H15BrN2O4S2/c1-17(10-11-5-2-3-8-14(11)15)23(20,21)13-7-4-6-12(9-13)22(16,18)19/h2-9H,10H2,1H3,(H2,16,18,19). The molecule has 23 heavy (non-hydrogen) atoms. The zero-order valence-electron chi connectivity index (χ0n) is 12.2. The first-order chi connectivity index (χ1) is 10.6. The highest BCUT2D eigenvalue weighted by Crippen LogP contribution is 2.22. The van der Waals surface area contributed by atoms with Crippen molar-refractivity contribution < 1.29 is 16.8 Å². The molecule has 0 aromatic heterocycles. The summed E-state index contributed by atoms with van der Waals surface area (Å²) in [7, 11) is -6.38. The van der Waals surface area contributed by atoms with Crippen LogP contribution >= 0.6 is 15.9 Å². The van der Waals surface area contributed by atoms with Gasteiger partial charge >= 0.3 is 0 Å². The molecule has 2 rings (SSSR count). The van der Waals surface area contributed by atoms with Crippen molar-refractivity contribution in [1.29, 1.82) is 0 Å². The van der Waals surface area contributed by atoms with E-state index in [1.54, 1.807) is 6.07 Å². The maximum absolute atomic E-state index is 12.6. The average Bonchev–Trinajstić information content (AvgIpc) is 2.48. The Balaban J connectivity index is 2.37. The van der Waals surface area contributed by atoms with E-state index in [0.717, 1.165) is 20.4 Å². The van der Waals surface area contributed by atoms with Crippen LogP contribution in [-0.2, 0) is 26.6 Å². The van der Waals surface area contributed by atoms with E-state index in [9.17, 15) is 16.8 Å². The lowest BCUT2D eigenvalue weighted by Crippen LogP contribution is -2.27. The molecule has 0 aliphatic heterocycles. The van der Waals surface area contributed by atoms with Crippen LogP contribution in [0.2, 0.25) is 0 Å². The Bertz CT molecular complexity index is 927. The fourth-order valence-electron chi connectivity index (χ4n) is 1.94. The van der Waals surface area contributed by atoms with E-state index in [-0.39, 0.29) is 16.3 Å². The Kier molecular flexibility index (Phi) is 5.27. The summed E-state index contributed by atoms with van der Waals surface area (Å²) in [6.45, 7) is 0.142. The molecule has 0 saturated heterocycles. The number of sulfonamides is 2. The summed E-state index contributed by atoms with van der Waals surface area (Å²) < 4.78 is 49.9. The van der Waals surface area contributed by atoms with Crippen LogP contribution < -0.4 is 5.14 Å². The number of halogens is 1. The molecule has 0 saturated carbocycles. The molecule has 0 heterocycles. The zero-order chi connectivity index (χ0) is 17.3. The van der Waals surface area contributed by atoms with E-state index in [1.165, 1.54) is 25.2 Å². The molecule has 0 unspecified atom stereocenters. The summed E-state index contributed by atoms with van der Waals surface area (Å²) in [4.78, 5) is -0.369. The third kappa shape index (κ3) is 4.18. The lowest BCUT2D eigenvalue weighted by atomic mass is 10.2. The van der Waals surface area contributed by atoms with Crippen LogP contribution in [0.5, 0.6) is 0 Å². The minimum absolute atomic E-state index is 0.126. The van der Waals surface area contributed by atoms with Crippen molar-refractivity contribution in [2.45, 2.75) is 16.3 Å². The van der Waals surface area contributed by atoms with Gasteiger partial charge in [0.25, 0.3) is 0 Å². The topological polar surface area (TPSA) is 97.5 Å². The summed E-state index contributed by atoms with van der Waals surface area (Å²) in [5, 5.41) is 5.05. The minimum atomic E-state index is -3.97. The van der Waals surface area contributed by atoms with Crippen LogP contribution in [0.3, 0.4) is 0 Å². The number of hydrogen-bond donors (Lipinski definition) is 1. The van der Waals surface area contributed by atoms with Crippen molar-refractivity contribution in [2.24, 2.45) is 5.14 Å². The summed E-state index contributed by atoms with van der Waals surface area (Å²) in [6.07, 6.45) is 0. The summed E-state index contributed by atoms with van der Waals surface area (Å²) in [5.41, 5.74) is 0.793. The van der Waals surface area contributed by atoms with Gasteiger partial charge in [0, 0.05) is 18.1 Å². The SMILES string of the molecule is CN(Cc1ccccc1Br)S(=O)(=O)c1cccc(S(N)(=O)=O)c1. The van der Waals surface area contributed by atoms with Gasteiger partial charge in [-0.3, -0.25) is 0 Å². The molecule has 0 atom stereocenters. The predicted molar refractivity (Wildman–Crippen MR) is 90.6 cm³/mol. The number of hydrogen-bond acceptors (Lipinski definition) is 4. The van der Waals surface area contributed by atoms with Gasteiger partial charge in [-0.2, -0.15) is 4.31 Å². The molecule has 9 heteroatoms. The van der Waals surface area contributed by atoms with Crippen LogP contribution in [-0.4, -0.2) is 28.2 Å². The molecule has 0 spiro atoms. The highest BCUT2D eigenvalue weighted by Gasteiger charge is 2.23. The lowest BCUT2D eigenvalue weighted by Gasteiger charge is -2.18. The largest absolute Gasteiger partial charge is 0.243 e. The van der Waals surface area contributed by atoms with Gasteiger partial charge in [0.2, 0.25) is 20.0 Å². The molecular formula is C14H15BrN2O4S2. The van der Waals surface area contributed by atoms with Crippen LogP contribution in [0.15, 0.2) is 62.8 Å². The zero-order valence-corrected chi connectivity index (χ0v) is 15.4. The first-order valence-electron chi connectivity index (χ1n) is 6.45. The van der Waals surface area contributed by atoms with E-state index in [4.69, 9.17) is 5.14 Å². The minimum Gasteiger partial charge on any atom is -0.225 e. The first-order valence-corrected chi connectivity index (χ1v) is 10.2. The third-order valence-electron chi connectivity index (χ3n) is 3.19. The Morgan fingerprint density at radius 3 is 2.22 bits per heavy atom. The number of rotatable bonds is 5. The van der Waals surface area contributed by atoms with Crippen molar-refractivity contribution in [3.63, 3.8) is 0 Å². The second-order valence-corrected chi connectivity index (χ2v) is 9.33. The van der Waals surface area contributed by atoms with Gasteiger partial charge in [-0.15, -0.1) is 0 Å². The Morgan fingerprint density at radius 2 is 1.61 bits per heavy atom. The van der Waals surface area contributed by atoms with E-state index < -0.39 is 20.0 Å². The number of nitrogens with two attached hydrogens (primary N) is 1. The molecule has 0 amide bonds. The van der Waals surface area contributed by atoms with Crippen LogP contribution in [0, 0.1) is 0 Å². The van der Waals surface area contributed by atoms with Gasteiger partial charge in [-0.1, -0.05) is 40.2 Å². The molecule has 0 radical (unpaired) electrons. The van der Waals surface area contributed by atoms with Crippen molar-refractivity contribution in [3.8, 4) is 0 Å². The number of benzene rings is 2. The molecule has 124 valence electrons. The monoisotopic (exact) mass is 418 g/mol. The van der Waals surface area contributed by atoms with Crippen molar-refractivity contribution in [3.05, 3.63) is 58.6 Å². The van der Waals surface area contributed by atoms with E-state index in [0.29, 0.717) is 0 Å². The maximum Gasteiger partial charge on any atom is 0.243 e. The number of nitrogens with zero attached hydrogens (tertiary/aromatic N) is 1. The molecule has 0 aliphatic rings. The number of primary sulfonamides is 1. The second-order valence-electron chi connectivity index (χ2n) is 4.87. The van der Waals surface area contributed by atoms with E-state index in [1.807, 2.05) is 18.2 Å². The fourth-order valence-corrected chi connectivity index (χ4v) is 4.18. The van der Waals surface area contributed by atoms with Gasteiger partial charge < -0.3 is 0 Å². The predicted octanol–water partition coefficient (Wildman–Crippen LogP) is 1.92. The molecule has 0 aliphatic carbocycles. The smallest absolute Gasteiger partial charge is 0.225 e. The van der Waals surface area contributed by atoms with E-state index >= 15 is 0 Å². The Hall–Kier alpha value is -1.26. The van der Waals surface area contributed by atoms with E-state index in [2.05, 4.69) is 15.9 Å². The van der Waals surface area contributed by atoms with Crippen LogP contribution in [0.25, 0.3) is 0 Å². The van der Waals surface area contributed by atoms with Gasteiger partial charge in [0.05, 0.1) is 9.79 Å². The Morgan fingerprint density at radius 1 is 1.00 bits per heavy atom. The van der Waals surface area contributed by atoms with Gasteiger partial charge in [-0.05, 0) is 29.8 Å². The second kappa shape index (κ2) is 6.70. The molecular weight excluding hydrogens is 404 g/mol. The average molecular weight is 419 g/mol. The van der Waals surface area contributed by atoms with Crippen LogP contribution in [0.1, 0.15) is 5.56 Å². The first kappa shape index (κ1) is 18.1. The quantitative estimate of drug-likeness (QED) is 0.801.